The molecule has 0 bridgehead atoms. The Morgan fingerprint density at radius 2 is 2.12 bits per heavy atom. The van der Waals surface area contributed by atoms with Crippen LogP contribution < -0.4 is 5.32 Å². The van der Waals surface area contributed by atoms with E-state index >= 15 is 0 Å². The van der Waals surface area contributed by atoms with Gasteiger partial charge >= 0.3 is 0 Å². The van der Waals surface area contributed by atoms with Crippen molar-refractivity contribution < 1.29 is 8.81 Å². The van der Waals surface area contributed by atoms with E-state index in [1.54, 1.807) is 6.07 Å². The lowest BCUT2D eigenvalue weighted by Gasteiger charge is -2.14. The van der Waals surface area contributed by atoms with E-state index < -0.39 is 0 Å². The Balaban J connectivity index is 2.15. The number of furan rings is 1. The number of benzene rings is 1. The fourth-order valence-electron chi connectivity index (χ4n) is 1.47. The highest BCUT2D eigenvalue weighted by Crippen LogP contribution is 2.26. The first kappa shape index (κ1) is 12.9. The van der Waals surface area contributed by atoms with Gasteiger partial charge in [-0.2, -0.15) is 0 Å². The third-order valence-corrected chi connectivity index (χ3v) is 3.64. The quantitative estimate of drug-likeness (QED) is 0.725. The van der Waals surface area contributed by atoms with E-state index in [0.717, 1.165) is 15.0 Å². The number of anilines is 1. The molecular weight excluding hydrogens is 400 g/mol. The molecule has 5 heteroatoms. The normalized spacial score (nSPS) is 12.5. The highest BCUT2D eigenvalue weighted by Gasteiger charge is 2.11. The molecule has 2 rings (SSSR count). The standard InChI is InChI=1S/C12H10BrFINO/c1-7(11-4-5-12(13)17-11)16-10-3-2-8(14)6-9(10)15/h2-7,16H,1H3. The van der Waals surface area contributed by atoms with Gasteiger partial charge in [0.25, 0.3) is 0 Å². The van der Waals surface area contributed by atoms with Crippen LogP contribution in [-0.4, -0.2) is 0 Å². The molecule has 90 valence electrons. The van der Waals surface area contributed by atoms with Crippen LogP contribution in [0.5, 0.6) is 0 Å². The van der Waals surface area contributed by atoms with Crippen molar-refractivity contribution in [3.63, 3.8) is 0 Å². The summed E-state index contributed by atoms with van der Waals surface area (Å²) in [6, 6.07) is 8.44. The lowest BCUT2D eigenvalue weighted by Crippen LogP contribution is -2.06. The molecule has 0 aliphatic rings. The first-order chi connectivity index (χ1) is 8.06. The molecule has 0 saturated heterocycles. The molecule has 0 radical (unpaired) electrons. The summed E-state index contributed by atoms with van der Waals surface area (Å²) in [4.78, 5) is 0. The molecule has 1 atom stereocenters. The molecule has 0 saturated carbocycles. The van der Waals surface area contributed by atoms with E-state index in [1.807, 2.05) is 19.1 Å². The van der Waals surface area contributed by atoms with Crippen LogP contribution in [-0.2, 0) is 0 Å². The third-order valence-electron chi connectivity index (χ3n) is 2.32. The van der Waals surface area contributed by atoms with E-state index in [1.165, 1.54) is 12.1 Å². The van der Waals surface area contributed by atoms with Gasteiger partial charge in [0.15, 0.2) is 4.67 Å². The smallest absolute Gasteiger partial charge is 0.169 e. The fourth-order valence-corrected chi connectivity index (χ4v) is 2.42. The monoisotopic (exact) mass is 409 g/mol. The van der Waals surface area contributed by atoms with Gasteiger partial charge in [0.05, 0.1) is 6.04 Å². The molecule has 1 unspecified atom stereocenters. The minimum atomic E-state index is -0.228. The van der Waals surface area contributed by atoms with Gasteiger partial charge in [-0.15, -0.1) is 0 Å². The molecule has 0 fully saturated rings. The van der Waals surface area contributed by atoms with E-state index in [4.69, 9.17) is 4.42 Å². The van der Waals surface area contributed by atoms with Crippen LogP contribution in [0.2, 0.25) is 0 Å². The van der Waals surface area contributed by atoms with Crippen LogP contribution in [0.3, 0.4) is 0 Å². The van der Waals surface area contributed by atoms with Gasteiger partial charge in [0, 0.05) is 9.26 Å². The van der Waals surface area contributed by atoms with E-state index in [2.05, 4.69) is 43.8 Å². The van der Waals surface area contributed by atoms with Crippen molar-refractivity contribution in [1.82, 2.24) is 0 Å². The minimum Gasteiger partial charge on any atom is -0.452 e. The van der Waals surface area contributed by atoms with Crippen molar-refractivity contribution in [3.8, 4) is 0 Å². The summed E-state index contributed by atoms with van der Waals surface area (Å²) in [7, 11) is 0. The topological polar surface area (TPSA) is 25.2 Å². The lowest BCUT2D eigenvalue weighted by atomic mass is 10.2. The van der Waals surface area contributed by atoms with Crippen molar-refractivity contribution >= 4 is 44.2 Å². The Labute approximate surface area is 121 Å². The van der Waals surface area contributed by atoms with Crippen molar-refractivity contribution in [2.45, 2.75) is 13.0 Å². The summed E-state index contributed by atoms with van der Waals surface area (Å²) in [5.74, 6) is 0.602. The molecule has 2 aromatic rings. The van der Waals surface area contributed by atoms with Gasteiger partial charge < -0.3 is 9.73 Å². The van der Waals surface area contributed by atoms with Crippen molar-refractivity contribution in [2.75, 3.05) is 5.32 Å². The lowest BCUT2D eigenvalue weighted by molar-refractivity contribution is 0.471. The maximum atomic E-state index is 13.0. The largest absolute Gasteiger partial charge is 0.452 e. The average molecular weight is 410 g/mol. The van der Waals surface area contributed by atoms with Crippen LogP contribution in [0, 0.1) is 9.39 Å². The number of nitrogens with one attached hydrogen (secondary N) is 1. The summed E-state index contributed by atoms with van der Waals surface area (Å²) in [5.41, 5.74) is 0.895. The zero-order valence-electron chi connectivity index (χ0n) is 9.01. The van der Waals surface area contributed by atoms with Crippen molar-refractivity contribution in [1.29, 1.82) is 0 Å². The second-order valence-corrected chi connectivity index (χ2v) is 5.58. The average Bonchev–Trinajstić information content (AvgIpc) is 2.69. The highest BCUT2D eigenvalue weighted by atomic mass is 127. The van der Waals surface area contributed by atoms with Crippen molar-refractivity contribution in [2.24, 2.45) is 0 Å². The molecule has 1 heterocycles. The highest BCUT2D eigenvalue weighted by molar-refractivity contribution is 14.1. The molecule has 0 aliphatic carbocycles. The van der Waals surface area contributed by atoms with Gasteiger partial charge in [0.2, 0.25) is 0 Å². The first-order valence-electron chi connectivity index (χ1n) is 5.03. The van der Waals surface area contributed by atoms with Gasteiger partial charge in [-0.25, -0.2) is 4.39 Å². The Hall–Kier alpha value is -0.560. The zero-order valence-corrected chi connectivity index (χ0v) is 12.7. The molecule has 2 nitrogen and oxygen atoms in total. The molecule has 0 aliphatic heterocycles. The zero-order chi connectivity index (χ0) is 12.4. The van der Waals surface area contributed by atoms with Crippen LogP contribution in [0.25, 0.3) is 0 Å². The summed E-state index contributed by atoms with van der Waals surface area (Å²) >= 11 is 5.37. The molecule has 1 aromatic carbocycles. The predicted molar refractivity (Wildman–Crippen MR) is 77.6 cm³/mol. The fraction of sp³-hybridized carbons (Fsp3) is 0.167. The Kier molecular flexibility index (Phi) is 4.09. The van der Waals surface area contributed by atoms with Crippen LogP contribution in [0.4, 0.5) is 10.1 Å². The summed E-state index contributed by atoms with van der Waals surface area (Å²) in [5, 5.41) is 3.28. The number of hydrogen-bond donors (Lipinski definition) is 1. The van der Waals surface area contributed by atoms with Gasteiger partial charge in [-0.3, -0.25) is 0 Å². The molecular formula is C12H10BrFINO. The summed E-state index contributed by atoms with van der Waals surface area (Å²) < 4.78 is 20.0. The Morgan fingerprint density at radius 1 is 1.35 bits per heavy atom. The van der Waals surface area contributed by atoms with Gasteiger partial charge in [-0.05, 0) is 75.8 Å². The summed E-state index contributed by atoms with van der Waals surface area (Å²) in [6.07, 6.45) is 0. The van der Waals surface area contributed by atoms with E-state index in [-0.39, 0.29) is 11.9 Å². The number of hydrogen-bond acceptors (Lipinski definition) is 2. The SMILES string of the molecule is CC(Nc1ccc(F)cc1I)c1ccc(Br)o1. The summed E-state index contributed by atoms with van der Waals surface area (Å²) in [6.45, 7) is 1.99. The van der Waals surface area contributed by atoms with E-state index in [9.17, 15) is 4.39 Å². The van der Waals surface area contributed by atoms with Gasteiger partial charge in [0.1, 0.15) is 11.6 Å². The predicted octanol–water partition coefficient (Wildman–Crippen LogP) is 4.96. The van der Waals surface area contributed by atoms with E-state index in [0.29, 0.717) is 4.67 Å². The Morgan fingerprint density at radius 3 is 2.71 bits per heavy atom. The molecule has 0 spiro atoms. The molecule has 17 heavy (non-hydrogen) atoms. The maximum Gasteiger partial charge on any atom is 0.169 e. The van der Waals surface area contributed by atoms with Crippen LogP contribution in [0.15, 0.2) is 39.4 Å². The minimum absolute atomic E-state index is 0.0280. The molecule has 0 amide bonds. The molecule has 1 aromatic heterocycles. The first-order valence-corrected chi connectivity index (χ1v) is 6.90. The van der Waals surface area contributed by atoms with Crippen LogP contribution >= 0.6 is 38.5 Å². The number of halogens is 3. The maximum absolute atomic E-state index is 13.0. The molecule has 1 N–H and O–H groups in total. The van der Waals surface area contributed by atoms with Crippen LogP contribution in [0.1, 0.15) is 18.7 Å². The van der Waals surface area contributed by atoms with Crippen molar-refractivity contribution in [3.05, 3.63) is 50.1 Å². The Bertz CT molecular complexity index is 529. The second kappa shape index (κ2) is 5.39. The number of rotatable bonds is 3. The van der Waals surface area contributed by atoms with Gasteiger partial charge in [-0.1, -0.05) is 0 Å². The second-order valence-electron chi connectivity index (χ2n) is 3.63. The third kappa shape index (κ3) is 3.22.